The summed E-state index contributed by atoms with van der Waals surface area (Å²) in [6, 6.07) is 8.31. The molecular weight excluding hydrogens is 372 g/mol. The van der Waals surface area contributed by atoms with E-state index in [1.54, 1.807) is 35.2 Å². The quantitative estimate of drug-likeness (QED) is 0.588. The zero-order valence-corrected chi connectivity index (χ0v) is 15.6. The van der Waals surface area contributed by atoms with E-state index in [-0.39, 0.29) is 24.4 Å². The molecule has 142 valence electrons. The average molecular weight is 391 g/mol. The highest BCUT2D eigenvalue weighted by molar-refractivity contribution is 6.29. The van der Waals surface area contributed by atoms with Crippen LogP contribution in [-0.4, -0.2) is 54.5 Å². The normalized spacial score (nSPS) is 14.8. The Bertz CT molecular complexity index is 878. The second-order valence-corrected chi connectivity index (χ2v) is 6.68. The number of aromatic nitrogens is 1. The van der Waals surface area contributed by atoms with E-state index in [0.717, 1.165) is 5.39 Å². The molecule has 0 saturated carbocycles. The van der Waals surface area contributed by atoms with Gasteiger partial charge in [0.05, 0.1) is 24.1 Å². The van der Waals surface area contributed by atoms with Gasteiger partial charge in [0.15, 0.2) is 6.61 Å². The van der Waals surface area contributed by atoms with Gasteiger partial charge in [-0.15, -0.1) is 0 Å². The fourth-order valence-corrected chi connectivity index (χ4v) is 3.21. The fraction of sp³-hybridized carbons (Fsp3) is 0.368. The van der Waals surface area contributed by atoms with Crippen molar-refractivity contribution in [2.24, 2.45) is 5.92 Å². The van der Waals surface area contributed by atoms with Crippen LogP contribution >= 0.6 is 11.6 Å². The van der Waals surface area contributed by atoms with Crippen molar-refractivity contribution in [1.82, 2.24) is 9.88 Å². The molecule has 1 saturated heterocycles. The number of hydrogen-bond donors (Lipinski definition) is 0. The summed E-state index contributed by atoms with van der Waals surface area (Å²) in [7, 11) is 1.36. The molecule has 0 bridgehead atoms. The predicted octanol–water partition coefficient (Wildman–Crippen LogP) is 2.46. The van der Waals surface area contributed by atoms with Crippen molar-refractivity contribution in [2.45, 2.75) is 12.8 Å². The molecule has 0 unspecified atom stereocenters. The Morgan fingerprint density at radius 3 is 2.63 bits per heavy atom. The van der Waals surface area contributed by atoms with Crippen molar-refractivity contribution < 1.29 is 23.9 Å². The van der Waals surface area contributed by atoms with Crippen LogP contribution in [0.15, 0.2) is 30.3 Å². The van der Waals surface area contributed by atoms with Gasteiger partial charge < -0.3 is 14.4 Å². The lowest BCUT2D eigenvalue weighted by molar-refractivity contribution is -0.149. The molecule has 1 aliphatic heterocycles. The maximum atomic E-state index is 12.2. The number of halogens is 1. The molecule has 1 aromatic heterocycles. The Labute approximate surface area is 161 Å². The summed E-state index contributed by atoms with van der Waals surface area (Å²) in [6.07, 6.45) is 1.10. The minimum absolute atomic E-state index is 0.179. The van der Waals surface area contributed by atoms with Crippen molar-refractivity contribution in [2.75, 3.05) is 26.8 Å². The highest BCUT2D eigenvalue weighted by Crippen LogP contribution is 2.19. The van der Waals surface area contributed by atoms with Crippen LogP contribution in [0.2, 0.25) is 5.15 Å². The summed E-state index contributed by atoms with van der Waals surface area (Å²) < 4.78 is 9.87. The molecule has 0 aliphatic carbocycles. The largest absolute Gasteiger partial charge is 0.469 e. The Morgan fingerprint density at radius 1 is 1.19 bits per heavy atom. The topological polar surface area (TPSA) is 85.8 Å². The van der Waals surface area contributed by atoms with Crippen LogP contribution in [0, 0.1) is 5.92 Å². The van der Waals surface area contributed by atoms with Crippen LogP contribution in [0.3, 0.4) is 0 Å². The van der Waals surface area contributed by atoms with E-state index in [4.69, 9.17) is 21.1 Å². The third kappa shape index (κ3) is 4.54. The number of carbonyl (C=O) groups is 3. The highest BCUT2D eigenvalue weighted by Gasteiger charge is 2.28. The van der Waals surface area contributed by atoms with Crippen LogP contribution < -0.4 is 0 Å². The van der Waals surface area contributed by atoms with Crippen LogP contribution in [-0.2, 0) is 19.1 Å². The van der Waals surface area contributed by atoms with E-state index in [0.29, 0.717) is 42.2 Å². The first kappa shape index (κ1) is 19.1. The van der Waals surface area contributed by atoms with Crippen molar-refractivity contribution in [1.29, 1.82) is 0 Å². The summed E-state index contributed by atoms with van der Waals surface area (Å²) in [5.74, 6) is -1.28. The maximum Gasteiger partial charge on any atom is 0.338 e. The Balaban J connectivity index is 1.54. The average Bonchev–Trinajstić information content (AvgIpc) is 2.70. The Morgan fingerprint density at radius 2 is 1.93 bits per heavy atom. The smallest absolute Gasteiger partial charge is 0.338 e. The molecule has 8 heteroatoms. The Kier molecular flexibility index (Phi) is 5.91. The molecular formula is C19H19ClN2O5. The van der Waals surface area contributed by atoms with Gasteiger partial charge in [-0.05, 0) is 43.2 Å². The highest BCUT2D eigenvalue weighted by atomic mass is 35.5. The SMILES string of the molecule is COC(=O)C1CCN(C(=O)COC(=O)c2ccc3nc(Cl)ccc3c2)CC1. The van der Waals surface area contributed by atoms with E-state index < -0.39 is 5.97 Å². The van der Waals surface area contributed by atoms with Gasteiger partial charge >= 0.3 is 11.9 Å². The van der Waals surface area contributed by atoms with Gasteiger partial charge in [-0.1, -0.05) is 11.6 Å². The molecule has 2 aromatic rings. The van der Waals surface area contributed by atoms with Gasteiger partial charge in [0, 0.05) is 18.5 Å². The number of carbonyl (C=O) groups excluding carboxylic acids is 3. The number of methoxy groups -OCH3 is 1. The lowest BCUT2D eigenvalue weighted by Crippen LogP contribution is -2.42. The third-order valence-corrected chi connectivity index (χ3v) is 4.81. The number of esters is 2. The molecule has 1 aliphatic rings. The first-order chi connectivity index (χ1) is 13.0. The minimum Gasteiger partial charge on any atom is -0.469 e. The number of benzene rings is 1. The van der Waals surface area contributed by atoms with E-state index >= 15 is 0 Å². The second kappa shape index (κ2) is 8.35. The van der Waals surface area contributed by atoms with Gasteiger partial charge in [0.1, 0.15) is 5.15 Å². The number of piperidine rings is 1. The minimum atomic E-state index is -0.579. The molecule has 0 atom stereocenters. The summed E-state index contributed by atoms with van der Waals surface area (Å²) in [6.45, 7) is 0.551. The molecule has 0 spiro atoms. The van der Waals surface area contributed by atoms with Crippen LogP contribution in [0.1, 0.15) is 23.2 Å². The summed E-state index contributed by atoms with van der Waals surface area (Å²) in [5, 5.41) is 1.13. The number of pyridine rings is 1. The zero-order valence-electron chi connectivity index (χ0n) is 14.8. The number of nitrogens with zero attached hydrogens (tertiary/aromatic N) is 2. The van der Waals surface area contributed by atoms with Gasteiger partial charge in [0.2, 0.25) is 0 Å². The van der Waals surface area contributed by atoms with E-state index in [1.165, 1.54) is 7.11 Å². The van der Waals surface area contributed by atoms with E-state index in [2.05, 4.69) is 4.98 Å². The fourth-order valence-electron chi connectivity index (χ4n) is 3.06. The first-order valence-electron chi connectivity index (χ1n) is 8.57. The van der Waals surface area contributed by atoms with Gasteiger partial charge in [-0.3, -0.25) is 9.59 Å². The standard InChI is InChI=1S/C19H19ClN2O5/c1-26-18(24)12-6-8-22(9-7-12)17(23)11-27-19(25)14-2-4-15-13(10-14)3-5-16(20)21-15/h2-5,10,12H,6-9,11H2,1H3. The second-order valence-electron chi connectivity index (χ2n) is 6.30. The first-order valence-corrected chi connectivity index (χ1v) is 8.95. The predicted molar refractivity (Wildman–Crippen MR) is 98.4 cm³/mol. The van der Waals surface area contributed by atoms with Crippen molar-refractivity contribution in [3.8, 4) is 0 Å². The number of amides is 1. The zero-order chi connectivity index (χ0) is 19.4. The molecule has 3 rings (SSSR count). The Hall–Kier alpha value is -2.67. The van der Waals surface area contributed by atoms with E-state index in [1.807, 2.05) is 0 Å². The van der Waals surface area contributed by atoms with Gasteiger partial charge in [0.25, 0.3) is 5.91 Å². The van der Waals surface area contributed by atoms with Gasteiger partial charge in [-0.25, -0.2) is 9.78 Å². The summed E-state index contributed by atoms with van der Waals surface area (Å²) in [4.78, 5) is 41.7. The molecule has 0 radical (unpaired) electrons. The summed E-state index contributed by atoms with van der Waals surface area (Å²) in [5.41, 5.74) is 1.01. The van der Waals surface area contributed by atoms with Crippen LogP contribution in [0.4, 0.5) is 0 Å². The van der Waals surface area contributed by atoms with Crippen molar-refractivity contribution in [3.63, 3.8) is 0 Å². The molecule has 0 N–H and O–H groups in total. The number of likely N-dealkylation sites (tertiary alicyclic amines) is 1. The van der Waals surface area contributed by atoms with Crippen LogP contribution in [0.5, 0.6) is 0 Å². The third-order valence-electron chi connectivity index (χ3n) is 4.60. The number of fused-ring (bicyclic) bond motifs is 1. The van der Waals surface area contributed by atoms with E-state index in [9.17, 15) is 14.4 Å². The number of hydrogen-bond acceptors (Lipinski definition) is 6. The van der Waals surface area contributed by atoms with Gasteiger partial charge in [-0.2, -0.15) is 0 Å². The summed E-state index contributed by atoms with van der Waals surface area (Å²) >= 11 is 5.84. The number of ether oxygens (including phenoxy) is 2. The molecule has 1 fully saturated rings. The lowest BCUT2D eigenvalue weighted by atomic mass is 9.97. The molecule has 7 nitrogen and oxygen atoms in total. The maximum absolute atomic E-state index is 12.2. The van der Waals surface area contributed by atoms with Crippen molar-refractivity contribution in [3.05, 3.63) is 41.0 Å². The molecule has 1 amide bonds. The monoisotopic (exact) mass is 390 g/mol. The number of rotatable bonds is 4. The molecule has 27 heavy (non-hydrogen) atoms. The van der Waals surface area contributed by atoms with Crippen molar-refractivity contribution >= 4 is 40.3 Å². The lowest BCUT2D eigenvalue weighted by Gasteiger charge is -2.30. The molecule has 2 heterocycles. The molecule has 1 aromatic carbocycles. The van der Waals surface area contributed by atoms with Crippen LogP contribution in [0.25, 0.3) is 10.9 Å².